The molecule has 2 unspecified atom stereocenters. The van der Waals surface area contributed by atoms with E-state index in [1.54, 1.807) is 0 Å². The fourth-order valence-corrected chi connectivity index (χ4v) is 3.33. The number of halogens is 1. The molecule has 130 valence electrons. The van der Waals surface area contributed by atoms with E-state index in [-0.39, 0.29) is 6.10 Å². The Balaban J connectivity index is 2.22. The first-order valence-electron chi connectivity index (χ1n) is 8.45. The van der Waals surface area contributed by atoms with Crippen LogP contribution in [0.15, 0.2) is 18.2 Å². The maximum atomic E-state index is 6.45. The molecule has 0 aromatic heterocycles. The lowest BCUT2D eigenvalue weighted by Crippen LogP contribution is -2.51. The number of likely N-dealkylation sites (N-methyl/N-ethyl adjacent to an activating group) is 1. The highest BCUT2D eigenvalue weighted by Gasteiger charge is 2.26. The highest BCUT2D eigenvalue weighted by atomic mass is 35.5. The van der Waals surface area contributed by atoms with E-state index < -0.39 is 0 Å². The molecule has 0 bridgehead atoms. The molecular formula is C18H30ClN3O. The number of benzene rings is 1. The molecule has 0 radical (unpaired) electrons. The lowest BCUT2D eigenvalue weighted by Gasteiger charge is -2.39. The average Bonchev–Trinajstić information content (AvgIpc) is 2.46. The second-order valence-electron chi connectivity index (χ2n) is 6.98. The van der Waals surface area contributed by atoms with Gasteiger partial charge < -0.3 is 15.0 Å². The number of ether oxygens (including phenoxy) is 1. The van der Waals surface area contributed by atoms with Crippen LogP contribution in [0.3, 0.4) is 0 Å². The van der Waals surface area contributed by atoms with Crippen LogP contribution in [0.5, 0.6) is 5.75 Å². The van der Waals surface area contributed by atoms with Crippen LogP contribution in [-0.4, -0.2) is 62.2 Å². The predicted molar refractivity (Wildman–Crippen MR) is 97.5 cm³/mol. The minimum absolute atomic E-state index is 0.130. The van der Waals surface area contributed by atoms with Crippen molar-refractivity contribution in [3.05, 3.63) is 28.8 Å². The Kier molecular flexibility index (Phi) is 6.72. The third-order valence-corrected chi connectivity index (χ3v) is 4.38. The molecule has 0 spiro atoms. The molecule has 23 heavy (non-hydrogen) atoms. The second-order valence-corrected chi connectivity index (χ2v) is 7.39. The monoisotopic (exact) mass is 339 g/mol. The SMILES string of the molecule is CC1CN(C(CN(C)C)c2ccc(OC(C)C)c(Cl)c2)CCN1. The van der Waals surface area contributed by atoms with E-state index in [2.05, 4.69) is 48.3 Å². The van der Waals surface area contributed by atoms with E-state index >= 15 is 0 Å². The first-order chi connectivity index (χ1) is 10.9. The molecule has 1 aliphatic rings. The lowest BCUT2D eigenvalue weighted by atomic mass is 10.0. The molecule has 2 atom stereocenters. The Bertz CT molecular complexity index is 507. The van der Waals surface area contributed by atoms with Crippen LogP contribution in [0.4, 0.5) is 0 Å². The van der Waals surface area contributed by atoms with Crippen molar-refractivity contribution in [2.45, 2.75) is 39.0 Å². The van der Waals surface area contributed by atoms with Gasteiger partial charge >= 0.3 is 0 Å². The van der Waals surface area contributed by atoms with Crippen LogP contribution in [0.2, 0.25) is 5.02 Å². The molecule has 4 nitrogen and oxygen atoms in total. The highest BCUT2D eigenvalue weighted by molar-refractivity contribution is 6.32. The summed E-state index contributed by atoms with van der Waals surface area (Å²) in [4.78, 5) is 4.79. The van der Waals surface area contributed by atoms with Crippen molar-refractivity contribution in [2.75, 3.05) is 40.3 Å². The van der Waals surface area contributed by atoms with Crippen LogP contribution < -0.4 is 10.1 Å². The van der Waals surface area contributed by atoms with Gasteiger partial charge in [0.25, 0.3) is 0 Å². The summed E-state index contributed by atoms with van der Waals surface area (Å²) < 4.78 is 5.76. The predicted octanol–water partition coefficient (Wildman–Crippen LogP) is 3.02. The Morgan fingerprint density at radius 2 is 2.13 bits per heavy atom. The summed E-state index contributed by atoms with van der Waals surface area (Å²) in [6, 6.07) is 7.10. The molecule has 1 aliphatic heterocycles. The summed E-state index contributed by atoms with van der Waals surface area (Å²) >= 11 is 6.45. The van der Waals surface area contributed by atoms with Crippen molar-refractivity contribution >= 4 is 11.6 Å². The standard InChI is InChI=1S/C18H30ClN3O/c1-13(2)23-18-7-6-15(10-16(18)19)17(12-21(4)5)22-9-8-20-14(3)11-22/h6-7,10,13-14,17,20H,8-9,11-12H2,1-5H3. The Labute approximate surface area is 145 Å². The number of hydrogen-bond acceptors (Lipinski definition) is 4. The van der Waals surface area contributed by atoms with Crippen molar-refractivity contribution in [3.63, 3.8) is 0 Å². The molecular weight excluding hydrogens is 310 g/mol. The fraction of sp³-hybridized carbons (Fsp3) is 0.667. The summed E-state index contributed by atoms with van der Waals surface area (Å²) in [5.74, 6) is 0.766. The van der Waals surface area contributed by atoms with E-state index in [1.165, 1.54) is 5.56 Å². The maximum Gasteiger partial charge on any atom is 0.138 e. The number of hydrogen-bond donors (Lipinski definition) is 1. The molecule has 1 N–H and O–H groups in total. The second kappa shape index (κ2) is 8.34. The fourth-order valence-electron chi connectivity index (χ4n) is 3.10. The van der Waals surface area contributed by atoms with Gasteiger partial charge in [0.2, 0.25) is 0 Å². The molecule has 0 saturated carbocycles. The van der Waals surface area contributed by atoms with Crippen LogP contribution in [0.25, 0.3) is 0 Å². The summed E-state index contributed by atoms with van der Waals surface area (Å²) in [6.45, 7) is 10.4. The van der Waals surface area contributed by atoms with Crippen molar-refractivity contribution in [3.8, 4) is 5.75 Å². The van der Waals surface area contributed by atoms with Crippen molar-refractivity contribution in [1.29, 1.82) is 0 Å². The first kappa shape index (κ1) is 18.5. The quantitative estimate of drug-likeness (QED) is 0.862. The maximum absolute atomic E-state index is 6.45. The van der Waals surface area contributed by atoms with Gasteiger partial charge in [0, 0.05) is 38.3 Å². The molecule has 1 fully saturated rings. The Hall–Kier alpha value is -0.810. The third-order valence-electron chi connectivity index (χ3n) is 4.08. The molecule has 0 aliphatic carbocycles. The largest absolute Gasteiger partial charge is 0.489 e. The van der Waals surface area contributed by atoms with Gasteiger partial charge in [0.05, 0.1) is 11.1 Å². The summed E-state index contributed by atoms with van der Waals surface area (Å²) in [5, 5.41) is 4.21. The van der Waals surface area contributed by atoms with Crippen molar-refractivity contribution in [2.24, 2.45) is 0 Å². The number of nitrogens with one attached hydrogen (secondary N) is 1. The van der Waals surface area contributed by atoms with Crippen molar-refractivity contribution < 1.29 is 4.74 Å². The van der Waals surface area contributed by atoms with E-state index in [9.17, 15) is 0 Å². The van der Waals surface area contributed by atoms with E-state index in [1.807, 2.05) is 19.9 Å². The minimum Gasteiger partial charge on any atom is -0.489 e. The number of nitrogens with zero attached hydrogens (tertiary/aromatic N) is 2. The van der Waals surface area contributed by atoms with Gasteiger partial charge in [-0.3, -0.25) is 4.90 Å². The van der Waals surface area contributed by atoms with Gasteiger partial charge in [-0.1, -0.05) is 17.7 Å². The van der Waals surface area contributed by atoms with Gasteiger partial charge in [0.1, 0.15) is 5.75 Å². The minimum atomic E-state index is 0.130. The van der Waals surface area contributed by atoms with Gasteiger partial charge in [-0.2, -0.15) is 0 Å². The van der Waals surface area contributed by atoms with Gasteiger partial charge in [-0.15, -0.1) is 0 Å². The van der Waals surface area contributed by atoms with Crippen LogP contribution >= 0.6 is 11.6 Å². The third kappa shape index (κ3) is 5.35. The average molecular weight is 340 g/mol. The zero-order valence-corrected chi connectivity index (χ0v) is 15.7. The normalized spacial score (nSPS) is 21.0. The molecule has 5 heteroatoms. The lowest BCUT2D eigenvalue weighted by molar-refractivity contribution is 0.125. The van der Waals surface area contributed by atoms with Gasteiger partial charge in [-0.05, 0) is 52.6 Å². The molecule has 1 saturated heterocycles. The Morgan fingerprint density at radius 1 is 1.39 bits per heavy atom. The summed E-state index contributed by atoms with van der Waals surface area (Å²) in [6.07, 6.45) is 0.130. The number of piperazine rings is 1. The van der Waals surface area contributed by atoms with Crippen molar-refractivity contribution in [1.82, 2.24) is 15.1 Å². The van der Waals surface area contributed by atoms with E-state index in [0.29, 0.717) is 17.1 Å². The first-order valence-corrected chi connectivity index (χ1v) is 8.83. The molecule has 0 amide bonds. The van der Waals surface area contributed by atoms with E-state index in [0.717, 1.165) is 31.9 Å². The van der Waals surface area contributed by atoms with Crippen LogP contribution in [-0.2, 0) is 0 Å². The van der Waals surface area contributed by atoms with Gasteiger partial charge in [-0.25, -0.2) is 0 Å². The van der Waals surface area contributed by atoms with Crippen LogP contribution in [0, 0.1) is 0 Å². The van der Waals surface area contributed by atoms with Gasteiger partial charge in [0.15, 0.2) is 0 Å². The number of rotatable bonds is 6. The summed E-state index contributed by atoms with van der Waals surface area (Å²) in [7, 11) is 4.24. The zero-order chi connectivity index (χ0) is 17.0. The molecule has 1 aromatic carbocycles. The summed E-state index contributed by atoms with van der Waals surface area (Å²) in [5.41, 5.74) is 1.26. The van der Waals surface area contributed by atoms with E-state index in [4.69, 9.17) is 16.3 Å². The topological polar surface area (TPSA) is 27.7 Å². The zero-order valence-electron chi connectivity index (χ0n) is 15.0. The van der Waals surface area contributed by atoms with Crippen LogP contribution in [0.1, 0.15) is 32.4 Å². The molecule has 2 rings (SSSR count). The highest BCUT2D eigenvalue weighted by Crippen LogP contribution is 2.31. The molecule has 1 heterocycles. The smallest absolute Gasteiger partial charge is 0.138 e. The molecule has 1 aromatic rings. The Morgan fingerprint density at radius 3 is 2.70 bits per heavy atom.